The lowest BCUT2D eigenvalue weighted by Crippen LogP contribution is -2.06. The van der Waals surface area contributed by atoms with Gasteiger partial charge in [0.15, 0.2) is 0 Å². The van der Waals surface area contributed by atoms with Crippen LogP contribution in [0.1, 0.15) is 5.56 Å². The smallest absolute Gasteiger partial charge is 0.323 e. The summed E-state index contributed by atoms with van der Waals surface area (Å²) in [7, 11) is 0. The summed E-state index contributed by atoms with van der Waals surface area (Å²) in [6.07, 6.45) is 5.61. The number of hydrogen-bond donors (Lipinski definition) is 3. The van der Waals surface area contributed by atoms with Gasteiger partial charge in [-0.15, -0.1) is 0 Å². The molecule has 0 saturated heterocycles. The second kappa shape index (κ2) is 2.47. The SMILES string of the molecule is O=c1[nH]c2cnc3c(c2[nH]1)C=CCN3. The van der Waals surface area contributed by atoms with Crippen LogP contribution in [-0.2, 0) is 0 Å². The lowest BCUT2D eigenvalue weighted by molar-refractivity contribution is 1.21. The van der Waals surface area contributed by atoms with Crippen LogP contribution >= 0.6 is 0 Å². The largest absolute Gasteiger partial charge is 0.366 e. The van der Waals surface area contributed by atoms with Crippen molar-refractivity contribution < 1.29 is 0 Å². The zero-order chi connectivity index (χ0) is 9.54. The van der Waals surface area contributed by atoms with Gasteiger partial charge >= 0.3 is 5.69 Å². The molecule has 2 aromatic rings. The minimum Gasteiger partial charge on any atom is -0.366 e. The first-order valence-corrected chi connectivity index (χ1v) is 4.36. The second-order valence-electron chi connectivity index (χ2n) is 3.17. The second-order valence-corrected chi connectivity index (χ2v) is 3.17. The molecule has 3 N–H and O–H groups in total. The Balaban J connectivity index is 2.46. The van der Waals surface area contributed by atoms with E-state index in [1.54, 1.807) is 6.20 Å². The van der Waals surface area contributed by atoms with E-state index >= 15 is 0 Å². The van der Waals surface area contributed by atoms with Gasteiger partial charge in [0.2, 0.25) is 0 Å². The van der Waals surface area contributed by atoms with Crippen molar-refractivity contribution in [1.29, 1.82) is 0 Å². The Labute approximate surface area is 78.9 Å². The third-order valence-corrected chi connectivity index (χ3v) is 2.28. The molecule has 0 aliphatic carbocycles. The van der Waals surface area contributed by atoms with Gasteiger partial charge in [-0.1, -0.05) is 12.2 Å². The molecule has 5 nitrogen and oxygen atoms in total. The molecule has 5 heteroatoms. The molecule has 0 fully saturated rings. The van der Waals surface area contributed by atoms with Gasteiger partial charge in [0.25, 0.3) is 0 Å². The number of fused-ring (bicyclic) bond motifs is 3. The Morgan fingerprint density at radius 1 is 1.36 bits per heavy atom. The summed E-state index contributed by atoms with van der Waals surface area (Å²) in [4.78, 5) is 20.7. The molecule has 0 amide bonds. The maximum Gasteiger partial charge on any atom is 0.323 e. The summed E-state index contributed by atoms with van der Waals surface area (Å²) >= 11 is 0. The Hall–Kier alpha value is -2.04. The van der Waals surface area contributed by atoms with Gasteiger partial charge in [0, 0.05) is 12.1 Å². The van der Waals surface area contributed by atoms with Crippen molar-refractivity contribution in [3.05, 3.63) is 28.3 Å². The summed E-state index contributed by atoms with van der Waals surface area (Å²) in [6.45, 7) is 0.778. The first-order valence-electron chi connectivity index (χ1n) is 4.36. The van der Waals surface area contributed by atoms with Gasteiger partial charge in [0.05, 0.1) is 17.2 Å². The number of anilines is 1. The van der Waals surface area contributed by atoms with E-state index in [0.717, 1.165) is 29.0 Å². The summed E-state index contributed by atoms with van der Waals surface area (Å²) in [6, 6.07) is 0. The van der Waals surface area contributed by atoms with Crippen LogP contribution in [-0.4, -0.2) is 21.5 Å². The van der Waals surface area contributed by atoms with Crippen molar-refractivity contribution in [3.63, 3.8) is 0 Å². The summed E-state index contributed by atoms with van der Waals surface area (Å²) in [5, 5.41) is 3.13. The lowest BCUT2D eigenvalue weighted by atomic mass is 10.1. The van der Waals surface area contributed by atoms with E-state index in [4.69, 9.17) is 0 Å². The van der Waals surface area contributed by atoms with E-state index in [0.29, 0.717) is 0 Å². The van der Waals surface area contributed by atoms with Crippen LogP contribution in [0.25, 0.3) is 17.1 Å². The number of aromatic amines is 2. The summed E-state index contributed by atoms with van der Waals surface area (Å²) in [5.41, 5.74) is 2.28. The zero-order valence-electron chi connectivity index (χ0n) is 7.29. The Bertz CT molecular complexity index is 578. The average Bonchev–Trinajstić information content (AvgIpc) is 2.59. The molecule has 0 radical (unpaired) electrons. The van der Waals surface area contributed by atoms with Crippen molar-refractivity contribution in [2.45, 2.75) is 0 Å². The van der Waals surface area contributed by atoms with Crippen LogP contribution in [0.4, 0.5) is 5.82 Å². The molecule has 0 bridgehead atoms. The Kier molecular flexibility index (Phi) is 1.30. The zero-order valence-corrected chi connectivity index (χ0v) is 7.29. The highest BCUT2D eigenvalue weighted by atomic mass is 16.1. The molecule has 14 heavy (non-hydrogen) atoms. The number of rotatable bonds is 0. The van der Waals surface area contributed by atoms with E-state index in [-0.39, 0.29) is 5.69 Å². The molecule has 0 saturated carbocycles. The van der Waals surface area contributed by atoms with Crippen molar-refractivity contribution in [3.8, 4) is 0 Å². The van der Waals surface area contributed by atoms with Crippen LogP contribution in [0.3, 0.4) is 0 Å². The summed E-state index contributed by atoms with van der Waals surface area (Å²) in [5.74, 6) is 0.815. The first kappa shape index (κ1) is 7.37. The highest BCUT2D eigenvalue weighted by Gasteiger charge is 2.10. The molecule has 3 heterocycles. The van der Waals surface area contributed by atoms with E-state index in [9.17, 15) is 4.79 Å². The predicted molar refractivity (Wildman–Crippen MR) is 54.2 cm³/mol. The average molecular weight is 188 g/mol. The first-order chi connectivity index (χ1) is 6.84. The maximum atomic E-state index is 11.1. The highest BCUT2D eigenvalue weighted by molar-refractivity contribution is 5.89. The van der Waals surface area contributed by atoms with Gasteiger partial charge in [-0.05, 0) is 0 Å². The van der Waals surface area contributed by atoms with E-state index in [1.165, 1.54) is 0 Å². The maximum absolute atomic E-state index is 11.1. The highest BCUT2D eigenvalue weighted by Crippen LogP contribution is 2.23. The van der Waals surface area contributed by atoms with Gasteiger partial charge in [0.1, 0.15) is 5.82 Å². The fraction of sp³-hybridized carbons (Fsp3) is 0.111. The molecule has 2 aromatic heterocycles. The van der Waals surface area contributed by atoms with Crippen molar-refractivity contribution in [2.75, 3.05) is 11.9 Å². The third-order valence-electron chi connectivity index (χ3n) is 2.28. The number of nitrogens with zero attached hydrogens (tertiary/aromatic N) is 1. The Morgan fingerprint density at radius 3 is 3.21 bits per heavy atom. The minimum absolute atomic E-state index is 0.200. The predicted octanol–water partition coefficient (Wildman–Crippen LogP) is 0.690. The minimum atomic E-state index is -0.200. The summed E-state index contributed by atoms with van der Waals surface area (Å²) < 4.78 is 0. The van der Waals surface area contributed by atoms with Crippen molar-refractivity contribution in [2.24, 2.45) is 0 Å². The molecule has 0 spiro atoms. The number of imidazole rings is 1. The fourth-order valence-corrected chi connectivity index (χ4v) is 1.66. The number of H-pyrrole nitrogens is 2. The number of aromatic nitrogens is 3. The lowest BCUT2D eigenvalue weighted by Gasteiger charge is -2.11. The molecular weight excluding hydrogens is 180 g/mol. The van der Waals surface area contributed by atoms with E-state index in [1.807, 2.05) is 12.2 Å². The molecule has 70 valence electrons. The molecule has 0 aromatic carbocycles. The number of nitrogens with one attached hydrogen (secondary N) is 3. The molecule has 3 rings (SSSR count). The van der Waals surface area contributed by atoms with E-state index in [2.05, 4.69) is 20.3 Å². The van der Waals surface area contributed by atoms with Crippen LogP contribution in [0.5, 0.6) is 0 Å². The van der Waals surface area contributed by atoms with Crippen LogP contribution in [0.15, 0.2) is 17.1 Å². The number of pyridine rings is 1. The molecule has 1 aliphatic heterocycles. The van der Waals surface area contributed by atoms with Gasteiger partial charge < -0.3 is 15.3 Å². The molecule has 0 atom stereocenters. The van der Waals surface area contributed by atoms with Gasteiger partial charge in [-0.2, -0.15) is 0 Å². The molecule has 1 aliphatic rings. The normalized spacial score (nSPS) is 14.0. The van der Waals surface area contributed by atoms with Gasteiger partial charge in [-0.25, -0.2) is 9.78 Å². The van der Waals surface area contributed by atoms with Crippen LogP contribution in [0, 0.1) is 0 Å². The van der Waals surface area contributed by atoms with Crippen LogP contribution < -0.4 is 11.0 Å². The fourth-order valence-electron chi connectivity index (χ4n) is 1.66. The number of hydrogen-bond acceptors (Lipinski definition) is 3. The topological polar surface area (TPSA) is 73.6 Å². The third kappa shape index (κ3) is 0.891. The molecular formula is C9H8N4O. The van der Waals surface area contributed by atoms with E-state index < -0.39 is 0 Å². The van der Waals surface area contributed by atoms with Crippen molar-refractivity contribution >= 4 is 22.9 Å². The quantitative estimate of drug-likeness (QED) is 0.569. The standard InChI is InChI=1S/C9H8N4O/c14-9-12-6-4-11-8-5(7(6)13-9)2-1-3-10-8/h1-2,4H,3H2,(H,10,11)(H2,12,13,14). The molecule has 0 unspecified atom stereocenters. The monoisotopic (exact) mass is 188 g/mol. The van der Waals surface area contributed by atoms with Crippen molar-refractivity contribution in [1.82, 2.24) is 15.0 Å². The Morgan fingerprint density at radius 2 is 2.29 bits per heavy atom. The van der Waals surface area contributed by atoms with Crippen LogP contribution in [0.2, 0.25) is 0 Å². The van der Waals surface area contributed by atoms with Gasteiger partial charge in [-0.3, -0.25) is 0 Å².